The summed E-state index contributed by atoms with van der Waals surface area (Å²) in [6.45, 7) is 0.352. The largest absolute Gasteiger partial charge is 0.310 e. The van der Waals surface area contributed by atoms with E-state index in [0.29, 0.717) is 0 Å². The summed E-state index contributed by atoms with van der Waals surface area (Å²) >= 11 is 0. The van der Waals surface area contributed by atoms with Crippen LogP contribution < -0.4 is 42.6 Å². The van der Waals surface area contributed by atoms with Crippen LogP contribution in [0.4, 0.5) is 34.1 Å². The summed E-state index contributed by atoms with van der Waals surface area (Å²) in [5, 5.41) is 0. The second kappa shape index (κ2) is 11.2. The predicted molar refractivity (Wildman–Crippen MR) is 272 cm³/mol. The van der Waals surface area contributed by atoms with Crippen LogP contribution in [-0.4, -0.2) is 13.4 Å². The Balaban J connectivity index is 1.03. The van der Waals surface area contributed by atoms with Gasteiger partial charge in [0.25, 0.3) is 0 Å². The van der Waals surface area contributed by atoms with Gasteiger partial charge in [0.15, 0.2) is 0 Å². The van der Waals surface area contributed by atoms with Gasteiger partial charge in [-0.05, 0) is 116 Å². The van der Waals surface area contributed by atoms with Crippen molar-refractivity contribution in [1.82, 2.24) is 0 Å². The van der Waals surface area contributed by atoms with Crippen LogP contribution in [0.25, 0.3) is 0 Å². The Morgan fingerprint density at radius 3 is 1.02 bits per heavy atom. The molecule has 2 bridgehead atoms. The highest BCUT2D eigenvalue weighted by Crippen LogP contribution is 2.77. The Morgan fingerprint density at radius 1 is 0.288 bits per heavy atom. The second-order valence-corrected chi connectivity index (χ2v) is 22.0. The SMILES string of the molecule is c1ccc(B2c3cccc4c3N3c5c2cccc5C25CCC6(c7cccc8c7N7c9c(cccc9C9(CCCC9)c9ccc2c6c97)B8c2ccccc2)c2ccc(c3c25)C42CCCC2)cc1. The Hall–Kier alpha value is -6.51. The van der Waals surface area contributed by atoms with E-state index in [1.54, 1.807) is 55.9 Å². The van der Waals surface area contributed by atoms with Crippen molar-refractivity contribution in [1.29, 1.82) is 0 Å². The third kappa shape index (κ3) is 3.39. The van der Waals surface area contributed by atoms with Crippen LogP contribution >= 0.6 is 0 Å². The molecule has 6 heterocycles. The fraction of sp³-hybridized carbons (Fsp3) is 0.226. The Morgan fingerprint density at radius 2 is 0.621 bits per heavy atom. The van der Waals surface area contributed by atoms with Gasteiger partial charge in [-0.3, -0.25) is 0 Å². The van der Waals surface area contributed by atoms with Gasteiger partial charge in [0.1, 0.15) is 0 Å². The first-order valence-corrected chi connectivity index (χ1v) is 25.3. The van der Waals surface area contributed by atoms with Crippen molar-refractivity contribution in [2.75, 3.05) is 9.80 Å². The van der Waals surface area contributed by atoms with E-state index in [-0.39, 0.29) is 35.1 Å². The van der Waals surface area contributed by atoms with Gasteiger partial charge in [0.05, 0.1) is 11.4 Å². The van der Waals surface area contributed by atoms with E-state index in [2.05, 4.69) is 168 Å². The lowest BCUT2D eigenvalue weighted by molar-refractivity contribution is 0.357. The van der Waals surface area contributed by atoms with Crippen molar-refractivity contribution >= 4 is 80.3 Å². The molecule has 0 radical (unpaired) electrons. The van der Waals surface area contributed by atoms with Gasteiger partial charge < -0.3 is 9.80 Å². The molecule has 4 spiro atoms. The molecule has 0 N–H and O–H groups in total. The van der Waals surface area contributed by atoms with Crippen molar-refractivity contribution in [2.45, 2.75) is 85.9 Å². The van der Waals surface area contributed by atoms with Gasteiger partial charge in [0, 0.05) is 44.4 Å². The second-order valence-electron chi connectivity index (χ2n) is 22.0. The lowest BCUT2D eigenvalue weighted by Crippen LogP contribution is -2.64. The molecule has 310 valence electrons. The number of para-hydroxylation sites is 4. The molecule has 6 aliphatic heterocycles. The summed E-state index contributed by atoms with van der Waals surface area (Å²) in [5.74, 6) is 0. The van der Waals surface area contributed by atoms with Gasteiger partial charge >= 0.3 is 0 Å². The van der Waals surface area contributed by atoms with E-state index in [4.69, 9.17) is 0 Å². The number of fused-ring (bicyclic) bond motifs is 5. The van der Waals surface area contributed by atoms with E-state index in [1.807, 2.05) is 0 Å². The minimum absolute atomic E-state index is 0.0125. The standard InChI is InChI=1S/C62H46B2N2/c1-3-15-37(16-4-1)63-47-23-11-19-41-53(47)65-55-45(21-13-25-49(55)63)61-35-36-62(40-28-29-43(57(65)51(40)61)59(41)31-7-8-32-59)46-22-14-26-50-56(46)66-54-42(20-12-24-48(54)64(50)38-17-5-2-6-18-38)60(33-9-10-34-60)44-30-27-39(61)52(62)58(44)66/h1-6,11-30H,7-10,31-36H2. The van der Waals surface area contributed by atoms with Crippen molar-refractivity contribution in [2.24, 2.45) is 0 Å². The van der Waals surface area contributed by atoms with E-state index < -0.39 is 0 Å². The molecule has 2 atom stereocenters. The van der Waals surface area contributed by atoms with Crippen molar-refractivity contribution in [3.8, 4) is 0 Å². The van der Waals surface area contributed by atoms with Gasteiger partial charge in [-0.25, -0.2) is 0 Å². The van der Waals surface area contributed by atoms with E-state index in [1.165, 1.54) is 118 Å². The average Bonchev–Trinajstić information content (AvgIpc) is 4.08. The minimum atomic E-state index is -0.264. The van der Waals surface area contributed by atoms with Gasteiger partial charge in [0.2, 0.25) is 13.4 Å². The first-order chi connectivity index (χ1) is 32.7. The maximum Gasteiger partial charge on any atom is 0.246 e. The summed E-state index contributed by atoms with van der Waals surface area (Å²) in [7, 11) is 0. The molecule has 8 aromatic carbocycles. The monoisotopic (exact) mass is 840 g/mol. The zero-order valence-electron chi connectivity index (χ0n) is 37.1. The number of nitrogens with zero attached hydrogens (tertiary/aromatic N) is 2. The molecule has 2 fully saturated rings. The number of anilines is 6. The average molecular weight is 841 g/mol. The van der Waals surface area contributed by atoms with Crippen molar-refractivity contribution < 1.29 is 0 Å². The van der Waals surface area contributed by atoms with Crippen LogP contribution in [0.1, 0.15) is 120 Å². The third-order valence-electron chi connectivity index (χ3n) is 20.0. The molecule has 2 nitrogen and oxygen atoms in total. The van der Waals surface area contributed by atoms with Gasteiger partial charge in [-0.2, -0.15) is 0 Å². The minimum Gasteiger partial charge on any atom is -0.310 e. The van der Waals surface area contributed by atoms with Crippen LogP contribution in [0.3, 0.4) is 0 Å². The lowest BCUT2D eigenvalue weighted by Gasteiger charge is -2.65. The van der Waals surface area contributed by atoms with E-state index in [0.717, 1.165) is 12.8 Å². The van der Waals surface area contributed by atoms with Crippen molar-refractivity contribution in [3.63, 3.8) is 0 Å². The molecule has 0 saturated heterocycles. The number of hydrogen-bond acceptors (Lipinski definition) is 2. The molecule has 0 amide bonds. The van der Waals surface area contributed by atoms with Crippen molar-refractivity contribution in [3.05, 3.63) is 213 Å². The lowest BCUT2D eigenvalue weighted by atomic mass is 9.32. The van der Waals surface area contributed by atoms with Crippen LogP contribution in [0.15, 0.2) is 158 Å². The number of rotatable bonds is 2. The predicted octanol–water partition coefficient (Wildman–Crippen LogP) is 10.0. The topological polar surface area (TPSA) is 6.48 Å². The molecule has 2 unspecified atom stereocenters. The maximum atomic E-state index is 2.88. The molecule has 5 aliphatic carbocycles. The molecule has 11 aliphatic rings. The van der Waals surface area contributed by atoms with Crippen LogP contribution in [0.5, 0.6) is 0 Å². The summed E-state index contributed by atoms with van der Waals surface area (Å²) in [6, 6.07) is 63.8. The summed E-state index contributed by atoms with van der Waals surface area (Å²) < 4.78 is 0. The van der Waals surface area contributed by atoms with Gasteiger partial charge in [-0.1, -0.05) is 194 Å². The number of hydrogen-bond donors (Lipinski definition) is 0. The molecule has 4 heteroatoms. The van der Waals surface area contributed by atoms with Crippen LogP contribution in [-0.2, 0) is 21.7 Å². The fourth-order valence-corrected chi connectivity index (χ4v) is 18.0. The van der Waals surface area contributed by atoms with Crippen LogP contribution in [0, 0.1) is 0 Å². The molecular weight excluding hydrogens is 794 g/mol. The zero-order valence-corrected chi connectivity index (χ0v) is 37.1. The molecule has 0 aromatic heterocycles. The summed E-state index contributed by atoms with van der Waals surface area (Å²) in [5.41, 5.74) is 33.2. The highest BCUT2D eigenvalue weighted by Gasteiger charge is 2.68. The summed E-state index contributed by atoms with van der Waals surface area (Å²) in [6.07, 6.45) is 12.3. The Bertz CT molecular complexity index is 3360. The van der Waals surface area contributed by atoms with Crippen LogP contribution in [0.2, 0.25) is 0 Å². The highest BCUT2D eigenvalue weighted by atomic mass is 15.2. The summed E-state index contributed by atoms with van der Waals surface area (Å²) in [4.78, 5) is 5.76. The first kappa shape index (κ1) is 34.8. The Kier molecular flexibility index (Phi) is 5.89. The Labute approximate surface area is 387 Å². The number of benzene rings is 8. The highest BCUT2D eigenvalue weighted by molar-refractivity contribution is 6.98. The first-order valence-electron chi connectivity index (χ1n) is 25.3. The molecule has 2 saturated carbocycles. The van der Waals surface area contributed by atoms with E-state index in [9.17, 15) is 0 Å². The third-order valence-corrected chi connectivity index (χ3v) is 20.0. The normalized spacial score (nSPS) is 23.7. The molecule has 19 rings (SSSR count). The zero-order chi connectivity index (χ0) is 42.5. The molecule has 8 aromatic rings. The van der Waals surface area contributed by atoms with Gasteiger partial charge in [-0.15, -0.1) is 0 Å². The smallest absolute Gasteiger partial charge is 0.246 e. The quantitative estimate of drug-likeness (QED) is 0.160. The van der Waals surface area contributed by atoms with E-state index >= 15 is 0 Å². The molecule has 66 heavy (non-hydrogen) atoms. The fourth-order valence-electron chi connectivity index (χ4n) is 18.0. The molecular formula is C62H46B2N2. The maximum absolute atomic E-state index is 2.88.